The van der Waals surface area contributed by atoms with E-state index in [0.29, 0.717) is 6.04 Å². The summed E-state index contributed by atoms with van der Waals surface area (Å²) >= 11 is 0. The summed E-state index contributed by atoms with van der Waals surface area (Å²) in [5.41, 5.74) is 5.27. The second-order valence-corrected chi connectivity index (χ2v) is 4.21. The first kappa shape index (κ1) is 12.1. The minimum absolute atomic E-state index is 0.105. The quantitative estimate of drug-likeness (QED) is 0.524. The molecule has 3 nitrogen and oxygen atoms in total. The summed E-state index contributed by atoms with van der Waals surface area (Å²) in [5, 5.41) is 3.47. The van der Waals surface area contributed by atoms with Gasteiger partial charge >= 0.3 is 0 Å². The van der Waals surface area contributed by atoms with Gasteiger partial charge in [-0.15, -0.1) is 12.3 Å². The molecule has 1 aliphatic rings. The molecule has 1 aliphatic carbocycles. The predicted octanol–water partition coefficient (Wildman–Crippen LogP) is 1.03. The van der Waals surface area contributed by atoms with Gasteiger partial charge in [0.15, 0.2) is 0 Å². The minimum atomic E-state index is -0.138. The summed E-state index contributed by atoms with van der Waals surface area (Å²) in [6.45, 7) is 0.982. The first-order valence-corrected chi connectivity index (χ1v) is 5.70. The molecule has 1 fully saturated rings. The van der Waals surface area contributed by atoms with Crippen LogP contribution in [0, 0.1) is 18.3 Å². The summed E-state index contributed by atoms with van der Waals surface area (Å²) in [6.07, 6.45) is 11.0. The smallest absolute Gasteiger partial charge is 0.220 e. The number of primary amides is 1. The molecular formula is C12H20N2O. The maximum absolute atomic E-state index is 10.9. The van der Waals surface area contributed by atoms with Crippen LogP contribution in [-0.2, 0) is 4.79 Å². The Morgan fingerprint density at radius 2 is 2.07 bits per heavy atom. The van der Waals surface area contributed by atoms with Crippen molar-refractivity contribution in [3.63, 3.8) is 0 Å². The van der Waals surface area contributed by atoms with Gasteiger partial charge < -0.3 is 11.1 Å². The molecule has 0 heterocycles. The molecule has 0 spiro atoms. The molecule has 0 aromatic heterocycles. The summed E-state index contributed by atoms with van der Waals surface area (Å²) in [4.78, 5) is 10.9. The summed E-state index contributed by atoms with van der Waals surface area (Å²) in [7, 11) is 0. The highest BCUT2D eigenvalue weighted by molar-refractivity contribution is 5.76. The fourth-order valence-electron chi connectivity index (χ4n) is 2.08. The van der Waals surface area contributed by atoms with Gasteiger partial charge in [0.25, 0.3) is 0 Å². The molecule has 3 heteroatoms. The van der Waals surface area contributed by atoms with Gasteiger partial charge in [-0.3, -0.25) is 4.79 Å². The molecular weight excluding hydrogens is 188 g/mol. The molecule has 3 N–H and O–H groups in total. The zero-order chi connectivity index (χ0) is 11.1. The Hall–Kier alpha value is -1.01. The number of rotatable bonds is 5. The Kier molecular flexibility index (Phi) is 5.20. The van der Waals surface area contributed by atoms with E-state index in [1.807, 2.05) is 0 Å². The molecule has 0 aromatic rings. The third kappa shape index (κ3) is 4.35. The van der Waals surface area contributed by atoms with Crippen LogP contribution in [0.1, 0.15) is 38.5 Å². The van der Waals surface area contributed by atoms with Crippen LogP contribution in [0.3, 0.4) is 0 Å². The van der Waals surface area contributed by atoms with Gasteiger partial charge in [0.05, 0.1) is 0 Å². The lowest BCUT2D eigenvalue weighted by Gasteiger charge is -2.27. The van der Waals surface area contributed by atoms with Crippen LogP contribution < -0.4 is 11.1 Å². The number of hydrogen-bond acceptors (Lipinski definition) is 2. The highest BCUT2D eigenvalue weighted by atomic mass is 16.1. The first-order valence-electron chi connectivity index (χ1n) is 5.70. The molecule has 1 amide bonds. The largest absolute Gasteiger partial charge is 0.369 e. The SMILES string of the molecule is C#CCCCNC1CCC(C(N)=O)CC1. The molecule has 0 saturated heterocycles. The minimum Gasteiger partial charge on any atom is -0.369 e. The molecule has 0 unspecified atom stereocenters. The molecule has 0 aromatic carbocycles. The number of carbonyl (C=O) groups is 1. The van der Waals surface area contributed by atoms with Crippen molar-refractivity contribution in [2.75, 3.05) is 6.54 Å². The number of nitrogens with one attached hydrogen (secondary N) is 1. The van der Waals surface area contributed by atoms with Gasteiger partial charge in [0, 0.05) is 18.4 Å². The Balaban J connectivity index is 2.10. The lowest BCUT2D eigenvalue weighted by Crippen LogP contribution is -2.37. The van der Waals surface area contributed by atoms with Gasteiger partial charge in [0.2, 0.25) is 5.91 Å². The van der Waals surface area contributed by atoms with Crippen molar-refractivity contribution in [2.45, 2.75) is 44.6 Å². The number of nitrogens with two attached hydrogens (primary N) is 1. The van der Waals surface area contributed by atoms with E-state index in [1.165, 1.54) is 0 Å². The van der Waals surface area contributed by atoms with Crippen molar-refractivity contribution >= 4 is 5.91 Å². The second-order valence-electron chi connectivity index (χ2n) is 4.21. The summed E-state index contributed by atoms with van der Waals surface area (Å²) < 4.78 is 0. The van der Waals surface area contributed by atoms with Crippen molar-refractivity contribution in [3.05, 3.63) is 0 Å². The van der Waals surface area contributed by atoms with E-state index in [0.717, 1.165) is 45.1 Å². The zero-order valence-electron chi connectivity index (χ0n) is 9.17. The standard InChI is InChI=1S/C12H20N2O/c1-2-3-4-9-14-11-7-5-10(6-8-11)12(13)15/h1,10-11,14H,3-9H2,(H2,13,15). The Morgan fingerprint density at radius 1 is 1.40 bits per heavy atom. The molecule has 0 atom stereocenters. The first-order chi connectivity index (χ1) is 7.24. The van der Waals surface area contributed by atoms with E-state index in [1.54, 1.807) is 0 Å². The number of carbonyl (C=O) groups excluding carboxylic acids is 1. The maximum atomic E-state index is 10.9. The number of terminal acetylenes is 1. The average molecular weight is 208 g/mol. The van der Waals surface area contributed by atoms with E-state index in [4.69, 9.17) is 12.2 Å². The van der Waals surface area contributed by atoms with Gasteiger partial charge in [-0.2, -0.15) is 0 Å². The lowest BCUT2D eigenvalue weighted by atomic mass is 9.85. The average Bonchev–Trinajstić information content (AvgIpc) is 2.25. The number of hydrogen-bond donors (Lipinski definition) is 2. The molecule has 1 saturated carbocycles. The third-order valence-corrected chi connectivity index (χ3v) is 3.06. The van der Waals surface area contributed by atoms with E-state index < -0.39 is 0 Å². The fraction of sp³-hybridized carbons (Fsp3) is 0.750. The monoisotopic (exact) mass is 208 g/mol. The fourth-order valence-corrected chi connectivity index (χ4v) is 2.08. The molecule has 15 heavy (non-hydrogen) atoms. The van der Waals surface area contributed by atoms with E-state index in [2.05, 4.69) is 11.2 Å². The van der Waals surface area contributed by atoms with Crippen molar-refractivity contribution in [2.24, 2.45) is 11.7 Å². The molecule has 0 bridgehead atoms. The maximum Gasteiger partial charge on any atom is 0.220 e. The molecule has 84 valence electrons. The van der Waals surface area contributed by atoms with Gasteiger partial charge in [-0.25, -0.2) is 0 Å². The van der Waals surface area contributed by atoms with Crippen molar-refractivity contribution in [3.8, 4) is 12.3 Å². The van der Waals surface area contributed by atoms with Gasteiger partial charge in [0.1, 0.15) is 0 Å². The van der Waals surface area contributed by atoms with E-state index in [-0.39, 0.29) is 11.8 Å². The van der Waals surface area contributed by atoms with Crippen LogP contribution in [0.2, 0.25) is 0 Å². The van der Waals surface area contributed by atoms with E-state index >= 15 is 0 Å². The topological polar surface area (TPSA) is 55.1 Å². The van der Waals surface area contributed by atoms with Crippen LogP contribution >= 0.6 is 0 Å². The van der Waals surface area contributed by atoms with Crippen LogP contribution in [-0.4, -0.2) is 18.5 Å². The number of unbranched alkanes of at least 4 members (excludes halogenated alkanes) is 1. The molecule has 1 rings (SSSR count). The normalized spacial score (nSPS) is 25.8. The Morgan fingerprint density at radius 3 is 2.60 bits per heavy atom. The Labute approximate surface area is 91.8 Å². The second kappa shape index (κ2) is 6.47. The van der Waals surface area contributed by atoms with Crippen LogP contribution in [0.25, 0.3) is 0 Å². The van der Waals surface area contributed by atoms with Crippen LogP contribution in [0.4, 0.5) is 0 Å². The van der Waals surface area contributed by atoms with Gasteiger partial charge in [-0.1, -0.05) is 0 Å². The summed E-state index contributed by atoms with van der Waals surface area (Å²) in [6, 6.07) is 0.554. The summed E-state index contributed by atoms with van der Waals surface area (Å²) in [5.74, 6) is 2.59. The number of amides is 1. The van der Waals surface area contributed by atoms with Crippen LogP contribution in [0.15, 0.2) is 0 Å². The Bertz CT molecular complexity index is 236. The third-order valence-electron chi connectivity index (χ3n) is 3.06. The van der Waals surface area contributed by atoms with E-state index in [9.17, 15) is 4.79 Å². The van der Waals surface area contributed by atoms with Crippen molar-refractivity contribution in [1.82, 2.24) is 5.32 Å². The highest BCUT2D eigenvalue weighted by Crippen LogP contribution is 2.23. The van der Waals surface area contributed by atoms with Gasteiger partial charge in [-0.05, 0) is 38.6 Å². The van der Waals surface area contributed by atoms with Crippen LogP contribution in [0.5, 0.6) is 0 Å². The van der Waals surface area contributed by atoms with Crippen molar-refractivity contribution in [1.29, 1.82) is 0 Å². The highest BCUT2D eigenvalue weighted by Gasteiger charge is 2.23. The lowest BCUT2D eigenvalue weighted by molar-refractivity contribution is -0.122. The zero-order valence-corrected chi connectivity index (χ0v) is 9.17. The van der Waals surface area contributed by atoms with Crippen molar-refractivity contribution < 1.29 is 4.79 Å². The molecule has 0 radical (unpaired) electrons. The molecule has 0 aliphatic heterocycles. The predicted molar refractivity (Wildman–Crippen MR) is 61.0 cm³/mol.